The molecule has 1 aromatic heterocycles. The molecule has 1 saturated carbocycles. The van der Waals surface area contributed by atoms with Crippen LogP contribution in [0.1, 0.15) is 38.3 Å². The summed E-state index contributed by atoms with van der Waals surface area (Å²) in [6, 6.07) is 0. The van der Waals surface area contributed by atoms with E-state index in [1.54, 1.807) is 11.3 Å². The number of nitrogens with zero attached hydrogens (tertiary/aromatic N) is 1. The van der Waals surface area contributed by atoms with Gasteiger partial charge in [0.05, 0.1) is 17.8 Å². The van der Waals surface area contributed by atoms with Gasteiger partial charge in [-0.3, -0.25) is 0 Å². The van der Waals surface area contributed by atoms with Gasteiger partial charge in [-0.2, -0.15) is 0 Å². The average Bonchev–Trinajstić information content (AvgIpc) is 2.79. The molecule has 2 rings (SSSR count). The first-order valence-corrected chi connectivity index (χ1v) is 6.91. The maximum atomic E-state index is 9.61. The molecule has 1 fully saturated rings. The van der Waals surface area contributed by atoms with Crippen molar-refractivity contribution in [3.05, 3.63) is 16.6 Å². The minimum Gasteiger partial charge on any atom is -0.394 e. The number of rotatable bonds is 4. The molecule has 1 aliphatic rings. The number of aliphatic hydroxyl groups excluding tert-OH is 1. The van der Waals surface area contributed by atoms with Gasteiger partial charge < -0.3 is 10.4 Å². The number of aromatic nitrogens is 1. The fourth-order valence-corrected chi connectivity index (χ4v) is 3.18. The third-order valence-electron chi connectivity index (χ3n) is 3.52. The van der Waals surface area contributed by atoms with E-state index in [0.29, 0.717) is 5.92 Å². The molecule has 2 atom stereocenters. The van der Waals surface area contributed by atoms with E-state index in [9.17, 15) is 5.11 Å². The summed E-state index contributed by atoms with van der Waals surface area (Å²) in [6.07, 6.45) is 4.66. The molecule has 1 heterocycles. The molecule has 1 aromatic rings. The molecule has 0 bridgehead atoms. The Hall–Kier alpha value is -0.450. The average molecular weight is 240 g/mol. The van der Waals surface area contributed by atoms with Crippen molar-refractivity contribution < 1.29 is 5.11 Å². The van der Waals surface area contributed by atoms with Crippen molar-refractivity contribution in [3.8, 4) is 0 Å². The Bertz CT molecular complexity index is 315. The molecule has 0 radical (unpaired) electrons. The van der Waals surface area contributed by atoms with Crippen LogP contribution in [0.3, 0.4) is 0 Å². The summed E-state index contributed by atoms with van der Waals surface area (Å²) >= 11 is 1.62. The van der Waals surface area contributed by atoms with E-state index in [4.69, 9.17) is 0 Å². The van der Waals surface area contributed by atoms with Crippen LogP contribution in [-0.2, 0) is 6.54 Å². The van der Waals surface area contributed by atoms with Gasteiger partial charge in [0.2, 0.25) is 0 Å². The second-order valence-corrected chi connectivity index (χ2v) is 5.69. The van der Waals surface area contributed by atoms with Crippen LogP contribution in [-0.4, -0.2) is 22.2 Å². The van der Waals surface area contributed by atoms with E-state index >= 15 is 0 Å². The van der Waals surface area contributed by atoms with Gasteiger partial charge in [0.25, 0.3) is 0 Å². The summed E-state index contributed by atoms with van der Waals surface area (Å²) in [6.45, 7) is 3.28. The molecule has 3 nitrogen and oxygen atoms in total. The Morgan fingerprint density at radius 3 is 3.19 bits per heavy atom. The van der Waals surface area contributed by atoms with Gasteiger partial charge in [-0.05, 0) is 18.8 Å². The highest BCUT2D eigenvalue weighted by atomic mass is 32.1. The summed E-state index contributed by atoms with van der Waals surface area (Å²) in [5.74, 6) is 0.712. The smallest absolute Gasteiger partial charge is 0.0795 e. The van der Waals surface area contributed by atoms with Gasteiger partial charge in [-0.1, -0.05) is 19.8 Å². The van der Waals surface area contributed by atoms with Crippen LogP contribution in [0.15, 0.2) is 10.9 Å². The predicted octanol–water partition coefficient (Wildman–Crippen LogP) is 2.17. The summed E-state index contributed by atoms with van der Waals surface area (Å²) in [5, 5.41) is 15.2. The van der Waals surface area contributed by atoms with Gasteiger partial charge >= 0.3 is 0 Å². The first-order chi connectivity index (χ1) is 7.74. The van der Waals surface area contributed by atoms with Gasteiger partial charge in [-0.15, -0.1) is 11.3 Å². The van der Waals surface area contributed by atoms with Crippen molar-refractivity contribution in [1.82, 2.24) is 10.3 Å². The van der Waals surface area contributed by atoms with Crippen LogP contribution in [0.5, 0.6) is 0 Å². The highest BCUT2D eigenvalue weighted by Crippen LogP contribution is 2.32. The second kappa shape index (κ2) is 5.25. The molecule has 0 aromatic carbocycles. The third-order valence-corrected chi connectivity index (χ3v) is 4.16. The Labute approximate surface area is 101 Å². The number of aliphatic hydroxyl groups is 1. The van der Waals surface area contributed by atoms with Crippen molar-refractivity contribution in [2.24, 2.45) is 5.92 Å². The lowest BCUT2D eigenvalue weighted by molar-refractivity contribution is 0.0979. The lowest BCUT2D eigenvalue weighted by Crippen LogP contribution is -2.51. The minimum atomic E-state index is -0.0682. The number of nitrogens with one attached hydrogen (secondary N) is 1. The van der Waals surface area contributed by atoms with E-state index in [-0.39, 0.29) is 12.1 Å². The molecule has 2 N–H and O–H groups in total. The Morgan fingerprint density at radius 2 is 2.56 bits per heavy atom. The Morgan fingerprint density at radius 1 is 1.69 bits per heavy atom. The monoisotopic (exact) mass is 240 g/mol. The fourth-order valence-electron chi connectivity index (χ4n) is 2.62. The van der Waals surface area contributed by atoms with Crippen molar-refractivity contribution >= 4 is 11.3 Å². The minimum absolute atomic E-state index is 0.0682. The van der Waals surface area contributed by atoms with E-state index in [2.05, 4.69) is 22.6 Å². The summed E-state index contributed by atoms with van der Waals surface area (Å²) in [7, 11) is 0. The van der Waals surface area contributed by atoms with Crippen LogP contribution in [0, 0.1) is 5.92 Å². The molecular weight excluding hydrogens is 220 g/mol. The maximum Gasteiger partial charge on any atom is 0.0795 e. The van der Waals surface area contributed by atoms with Gasteiger partial charge in [-0.25, -0.2) is 4.98 Å². The van der Waals surface area contributed by atoms with Crippen molar-refractivity contribution in [1.29, 1.82) is 0 Å². The maximum absolute atomic E-state index is 9.61. The van der Waals surface area contributed by atoms with E-state index < -0.39 is 0 Å². The zero-order chi connectivity index (χ0) is 11.4. The van der Waals surface area contributed by atoms with E-state index in [1.807, 2.05) is 5.51 Å². The van der Waals surface area contributed by atoms with E-state index in [1.165, 1.54) is 12.8 Å². The number of hydrogen-bond donors (Lipinski definition) is 2. The van der Waals surface area contributed by atoms with Gasteiger partial charge in [0.1, 0.15) is 0 Å². The molecule has 0 spiro atoms. The highest BCUT2D eigenvalue weighted by molar-refractivity contribution is 7.07. The molecule has 0 saturated heterocycles. The first kappa shape index (κ1) is 12.0. The van der Waals surface area contributed by atoms with Crippen LogP contribution in [0.4, 0.5) is 0 Å². The highest BCUT2D eigenvalue weighted by Gasteiger charge is 2.33. The molecule has 0 amide bonds. The first-order valence-electron chi connectivity index (χ1n) is 5.97. The van der Waals surface area contributed by atoms with Gasteiger partial charge in [0.15, 0.2) is 0 Å². The largest absolute Gasteiger partial charge is 0.394 e. The third kappa shape index (κ3) is 2.81. The lowest BCUT2D eigenvalue weighted by atomic mass is 9.77. The van der Waals surface area contributed by atoms with Crippen LogP contribution in [0.2, 0.25) is 0 Å². The molecular formula is C12H20N2OS. The predicted molar refractivity (Wildman–Crippen MR) is 66.4 cm³/mol. The molecule has 16 heavy (non-hydrogen) atoms. The van der Waals surface area contributed by atoms with E-state index in [0.717, 1.165) is 25.1 Å². The standard InChI is InChI=1S/C12H20N2OS/c1-10-3-2-4-12(5-10,8-15)14-6-11-7-16-9-13-11/h7,9-10,14-15H,2-6,8H2,1H3. The zero-order valence-corrected chi connectivity index (χ0v) is 10.6. The van der Waals surface area contributed by atoms with Crippen molar-refractivity contribution in [2.45, 2.75) is 44.7 Å². The summed E-state index contributed by atoms with van der Waals surface area (Å²) < 4.78 is 0. The molecule has 0 aliphatic heterocycles. The molecule has 2 unspecified atom stereocenters. The fraction of sp³-hybridized carbons (Fsp3) is 0.750. The number of hydrogen-bond acceptors (Lipinski definition) is 4. The molecule has 1 aliphatic carbocycles. The number of thiazole rings is 1. The quantitative estimate of drug-likeness (QED) is 0.848. The van der Waals surface area contributed by atoms with Crippen molar-refractivity contribution in [2.75, 3.05) is 6.61 Å². The Kier molecular flexibility index (Phi) is 3.95. The van der Waals surface area contributed by atoms with Crippen LogP contribution < -0.4 is 5.32 Å². The van der Waals surface area contributed by atoms with Gasteiger partial charge in [0, 0.05) is 17.5 Å². The SMILES string of the molecule is CC1CCCC(CO)(NCc2cscn2)C1. The summed E-state index contributed by atoms with van der Waals surface area (Å²) in [4.78, 5) is 4.26. The van der Waals surface area contributed by atoms with Crippen LogP contribution >= 0.6 is 11.3 Å². The summed E-state index contributed by atoms with van der Waals surface area (Å²) in [5.41, 5.74) is 2.86. The zero-order valence-electron chi connectivity index (χ0n) is 9.78. The topological polar surface area (TPSA) is 45.1 Å². The second-order valence-electron chi connectivity index (χ2n) is 4.97. The normalized spacial score (nSPS) is 30.5. The molecule has 90 valence electrons. The van der Waals surface area contributed by atoms with Crippen LogP contribution in [0.25, 0.3) is 0 Å². The lowest BCUT2D eigenvalue weighted by Gasteiger charge is -2.39. The Balaban J connectivity index is 1.93. The molecule has 4 heteroatoms. The van der Waals surface area contributed by atoms with Crippen molar-refractivity contribution in [3.63, 3.8) is 0 Å².